The summed E-state index contributed by atoms with van der Waals surface area (Å²) in [5, 5.41) is 11.7. The quantitative estimate of drug-likeness (QED) is 0.693. The van der Waals surface area contributed by atoms with Crippen molar-refractivity contribution in [2.45, 2.75) is 13.5 Å². The van der Waals surface area contributed by atoms with Gasteiger partial charge in [-0.1, -0.05) is 64.9 Å². The second-order valence-corrected chi connectivity index (χ2v) is 7.01. The lowest BCUT2D eigenvalue weighted by Gasteiger charge is -2.02. The molecule has 0 radical (unpaired) electrons. The van der Waals surface area contributed by atoms with Crippen molar-refractivity contribution in [3.05, 3.63) is 81.1 Å². The third-order valence-electron chi connectivity index (χ3n) is 3.53. The van der Waals surface area contributed by atoms with Crippen molar-refractivity contribution in [2.24, 2.45) is 0 Å². The van der Waals surface area contributed by atoms with E-state index < -0.39 is 0 Å². The molecule has 0 fully saturated rings. The average molecular weight is 388 g/mol. The maximum atomic E-state index is 12.9. The van der Waals surface area contributed by atoms with Gasteiger partial charge in [-0.05, 0) is 36.3 Å². The van der Waals surface area contributed by atoms with E-state index in [1.165, 1.54) is 12.1 Å². The minimum atomic E-state index is -0.349. The molecular weight excluding hydrogens is 373 g/mol. The number of rotatable bonds is 5. The van der Waals surface area contributed by atoms with E-state index in [4.69, 9.17) is 11.6 Å². The summed E-state index contributed by atoms with van der Waals surface area (Å²) in [4.78, 5) is 12.2. The van der Waals surface area contributed by atoms with Crippen molar-refractivity contribution < 1.29 is 9.18 Å². The van der Waals surface area contributed by atoms with Gasteiger partial charge in [0.1, 0.15) is 5.82 Å². The van der Waals surface area contributed by atoms with E-state index >= 15 is 0 Å². The van der Waals surface area contributed by atoms with E-state index in [-0.39, 0.29) is 23.3 Å². The summed E-state index contributed by atoms with van der Waals surface area (Å²) in [7, 11) is 0. The van der Waals surface area contributed by atoms with Crippen LogP contribution in [-0.4, -0.2) is 16.1 Å². The van der Waals surface area contributed by atoms with Crippen LogP contribution in [0.1, 0.15) is 31.5 Å². The molecule has 0 aliphatic heterocycles. The van der Waals surface area contributed by atoms with Gasteiger partial charge in [0, 0.05) is 6.54 Å². The van der Waals surface area contributed by atoms with Crippen molar-refractivity contribution in [1.29, 1.82) is 0 Å². The molecule has 0 saturated heterocycles. The number of amides is 1. The molecule has 1 heterocycles. The molecule has 0 aliphatic rings. The summed E-state index contributed by atoms with van der Waals surface area (Å²) in [5.41, 5.74) is 2.87. The molecule has 0 bridgehead atoms. The molecule has 0 saturated carbocycles. The number of carbonyl (C=O) groups is 1. The molecular formula is C19H15ClFN3OS. The fraction of sp³-hybridized carbons (Fsp3) is 0.105. The predicted molar refractivity (Wildman–Crippen MR) is 102 cm³/mol. The number of halogens is 2. The van der Waals surface area contributed by atoms with E-state index in [9.17, 15) is 9.18 Å². The maximum absolute atomic E-state index is 12.9. The van der Waals surface area contributed by atoms with Gasteiger partial charge in [0.05, 0.1) is 5.03 Å². The summed E-state index contributed by atoms with van der Waals surface area (Å²) in [6, 6.07) is 13.8. The Bertz CT molecular complexity index is 953. The smallest absolute Gasteiger partial charge is 0.282 e. The van der Waals surface area contributed by atoms with E-state index in [1.54, 1.807) is 18.2 Å². The number of hydrogen-bond donors (Lipinski definition) is 1. The minimum absolute atomic E-state index is 0.220. The first-order chi connectivity index (χ1) is 12.5. The molecule has 0 atom stereocenters. The molecule has 1 N–H and O–H groups in total. The fourth-order valence-corrected chi connectivity index (χ4v) is 3.19. The highest BCUT2D eigenvalue weighted by Gasteiger charge is 2.14. The highest BCUT2D eigenvalue weighted by molar-refractivity contribution is 7.15. The number of nitrogens with zero attached hydrogens (tertiary/aromatic N) is 2. The predicted octanol–water partition coefficient (Wildman–Crippen LogP) is 4.65. The Balaban J connectivity index is 1.66. The van der Waals surface area contributed by atoms with Crippen LogP contribution in [0.2, 0.25) is 0 Å². The molecule has 0 aliphatic carbocycles. The first-order valence-corrected chi connectivity index (χ1v) is 9.01. The molecule has 0 unspecified atom stereocenters. The van der Waals surface area contributed by atoms with E-state index in [0.717, 1.165) is 28.0 Å². The van der Waals surface area contributed by atoms with Crippen LogP contribution in [0.3, 0.4) is 0 Å². The summed E-state index contributed by atoms with van der Waals surface area (Å²) in [6.45, 7) is 2.28. The topological polar surface area (TPSA) is 54.9 Å². The third-order valence-corrected chi connectivity index (χ3v) is 4.88. The van der Waals surface area contributed by atoms with E-state index in [1.807, 2.05) is 31.2 Å². The van der Waals surface area contributed by atoms with Gasteiger partial charge in [-0.25, -0.2) is 4.39 Å². The van der Waals surface area contributed by atoms with E-state index in [0.29, 0.717) is 10.0 Å². The van der Waals surface area contributed by atoms with Gasteiger partial charge in [0.15, 0.2) is 5.01 Å². The second-order valence-electron chi connectivity index (χ2n) is 5.63. The fourth-order valence-electron chi connectivity index (χ4n) is 2.24. The van der Waals surface area contributed by atoms with Gasteiger partial charge < -0.3 is 5.32 Å². The Morgan fingerprint density at radius 2 is 1.92 bits per heavy atom. The molecule has 1 aromatic heterocycles. The Morgan fingerprint density at radius 1 is 1.19 bits per heavy atom. The summed E-state index contributed by atoms with van der Waals surface area (Å²) in [6.07, 6.45) is 1.79. The Kier molecular flexibility index (Phi) is 5.75. The molecule has 7 heteroatoms. The molecule has 132 valence electrons. The highest BCUT2D eigenvalue weighted by atomic mass is 35.5. The number of benzene rings is 2. The lowest BCUT2D eigenvalue weighted by atomic mass is 10.1. The number of carbonyl (C=O) groups excluding carboxylic acids is 1. The zero-order chi connectivity index (χ0) is 18.5. The largest absolute Gasteiger partial charge is 0.346 e. The van der Waals surface area contributed by atoms with Crippen molar-refractivity contribution in [2.75, 3.05) is 0 Å². The van der Waals surface area contributed by atoms with Crippen LogP contribution in [-0.2, 0) is 6.54 Å². The van der Waals surface area contributed by atoms with Gasteiger partial charge >= 0.3 is 0 Å². The standard InChI is InChI=1S/C19H15ClFN3OS/c1-12-3-2-4-14(9-12)10-16(20)18-23-24-19(26-18)17(25)22-11-13-5-7-15(21)8-6-13/h2-10H,11H2,1H3,(H,22,25). The van der Waals surface area contributed by atoms with Crippen molar-refractivity contribution in [3.63, 3.8) is 0 Å². The van der Waals surface area contributed by atoms with Crippen LogP contribution in [0.4, 0.5) is 4.39 Å². The molecule has 3 rings (SSSR count). The molecule has 3 aromatic rings. The van der Waals surface area contributed by atoms with E-state index in [2.05, 4.69) is 15.5 Å². The minimum Gasteiger partial charge on any atom is -0.346 e. The highest BCUT2D eigenvalue weighted by Crippen LogP contribution is 2.25. The lowest BCUT2D eigenvalue weighted by molar-refractivity contribution is 0.0950. The summed E-state index contributed by atoms with van der Waals surface area (Å²) < 4.78 is 12.9. The number of aromatic nitrogens is 2. The van der Waals surface area contributed by atoms with Crippen LogP contribution in [0, 0.1) is 12.7 Å². The van der Waals surface area contributed by atoms with Crippen molar-refractivity contribution in [3.8, 4) is 0 Å². The lowest BCUT2D eigenvalue weighted by Crippen LogP contribution is -2.22. The molecule has 0 spiro atoms. The molecule has 1 amide bonds. The van der Waals surface area contributed by atoms with Crippen molar-refractivity contribution in [1.82, 2.24) is 15.5 Å². The van der Waals surface area contributed by atoms with Crippen molar-refractivity contribution >= 4 is 40.0 Å². The maximum Gasteiger partial charge on any atom is 0.282 e. The van der Waals surface area contributed by atoms with Crippen LogP contribution >= 0.6 is 22.9 Å². The zero-order valence-corrected chi connectivity index (χ0v) is 15.4. The average Bonchev–Trinajstić information content (AvgIpc) is 3.11. The molecule has 2 aromatic carbocycles. The Hall–Kier alpha value is -2.57. The van der Waals surface area contributed by atoms with Gasteiger partial charge in [0.2, 0.25) is 5.01 Å². The van der Waals surface area contributed by atoms with Gasteiger partial charge in [-0.2, -0.15) is 0 Å². The van der Waals surface area contributed by atoms with Crippen LogP contribution in [0.15, 0.2) is 48.5 Å². The monoisotopic (exact) mass is 387 g/mol. The van der Waals surface area contributed by atoms with Gasteiger partial charge in [-0.15, -0.1) is 10.2 Å². The first-order valence-electron chi connectivity index (χ1n) is 7.81. The normalized spacial score (nSPS) is 11.4. The first kappa shape index (κ1) is 18.2. The zero-order valence-electron chi connectivity index (χ0n) is 13.9. The molecule has 26 heavy (non-hydrogen) atoms. The number of nitrogens with one attached hydrogen (secondary N) is 1. The molecule has 4 nitrogen and oxygen atoms in total. The summed E-state index contributed by atoms with van der Waals surface area (Å²) in [5.74, 6) is -0.665. The van der Waals surface area contributed by atoms with Crippen LogP contribution in [0.25, 0.3) is 11.1 Å². The van der Waals surface area contributed by atoms with Gasteiger partial charge in [-0.3, -0.25) is 4.79 Å². The third kappa shape index (κ3) is 4.74. The number of aryl methyl sites for hydroxylation is 1. The summed E-state index contributed by atoms with van der Waals surface area (Å²) >= 11 is 7.42. The van der Waals surface area contributed by atoms with Crippen LogP contribution < -0.4 is 5.32 Å². The Morgan fingerprint density at radius 3 is 2.65 bits per heavy atom. The second kappa shape index (κ2) is 8.21. The van der Waals surface area contributed by atoms with Crippen LogP contribution in [0.5, 0.6) is 0 Å². The SMILES string of the molecule is Cc1cccc(C=C(Cl)c2nnc(C(=O)NCc3ccc(F)cc3)s2)c1. The van der Waals surface area contributed by atoms with Gasteiger partial charge in [0.25, 0.3) is 5.91 Å². The Labute approximate surface area is 159 Å². The number of hydrogen-bond acceptors (Lipinski definition) is 4.